The summed E-state index contributed by atoms with van der Waals surface area (Å²) in [4.78, 5) is 12.1. The second kappa shape index (κ2) is 6.68. The quantitative estimate of drug-likeness (QED) is 0.843. The van der Waals surface area contributed by atoms with Crippen LogP contribution in [0.25, 0.3) is 0 Å². The third-order valence-corrected chi connectivity index (χ3v) is 2.74. The van der Waals surface area contributed by atoms with Gasteiger partial charge in [-0.25, -0.2) is 4.39 Å². The lowest BCUT2D eigenvalue weighted by atomic mass is 10.1. The molecule has 0 fully saturated rings. The summed E-state index contributed by atoms with van der Waals surface area (Å²) in [6, 6.07) is 3.97. The molecule has 108 valence electrons. The van der Waals surface area contributed by atoms with E-state index in [-0.39, 0.29) is 12.2 Å². The second-order valence-electron chi connectivity index (χ2n) is 4.19. The zero-order chi connectivity index (χ0) is 15.2. The molecule has 0 spiro atoms. The molecule has 0 saturated heterocycles. The van der Waals surface area contributed by atoms with Crippen molar-refractivity contribution >= 4 is 11.6 Å². The van der Waals surface area contributed by atoms with Gasteiger partial charge in [0.1, 0.15) is 12.4 Å². The Hall–Kier alpha value is -2.65. The highest BCUT2D eigenvalue weighted by Gasteiger charge is 2.13. The molecule has 0 bridgehead atoms. The molecule has 1 aromatic heterocycles. The Morgan fingerprint density at radius 1 is 1.52 bits per heavy atom. The van der Waals surface area contributed by atoms with Crippen LogP contribution in [0.1, 0.15) is 22.8 Å². The van der Waals surface area contributed by atoms with Crippen LogP contribution in [0.2, 0.25) is 0 Å². The van der Waals surface area contributed by atoms with Crippen LogP contribution in [0.3, 0.4) is 0 Å². The highest BCUT2D eigenvalue weighted by Crippen LogP contribution is 2.13. The van der Waals surface area contributed by atoms with Gasteiger partial charge in [-0.3, -0.25) is 9.48 Å². The fraction of sp³-hybridized carbons (Fsp3) is 0.200. The highest BCUT2D eigenvalue weighted by molar-refractivity contribution is 6.04. The Morgan fingerprint density at radius 2 is 2.33 bits per heavy atom. The van der Waals surface area contributed by atoms with Gasteiger partial charge in [0.15, 0.2) is 0 Å². The zero-order valence-corrected chi connectivity index (χ0v) is 11.4. The zero-order valence-electron chi connectivity index (χ0n) is 11.4. The molecular formula is C15H14FN3O2. The first-order valence-electron chi connectivity index (χ1n) is 6.37. The van der Waals surface area contributed by atoms with E-state index in [0.717, 1.165) is 0 Å². The number of benzene rings is 1. The number of aliphatic hydroxyl groups excluding tert-OH is 1. The van der Waals surface area contributed by atoms with Crippen LogP contribution in [0, 0.1) is 17.7 Å². The van der Waals surface area contributed by atoms with Crippen molar-refractivity contribution in [2.24, 2.45) is 0 Å². The summed E-state index contributed by atoms with van der Waals surface area (Å²) in [5, 5.41) is 15.2. The molecule has 0 aliphatic carbocycles. The van der Waals surface area contributed by atoms with E-state index in [1.807, 2.05) is 6.92 Å². The maximum absolute atomic E-state index is 13.7. The summed E-state index contributed by atoms with van der Waals surface area (Å²) < 4.78 is 15.4. The maximum Gasteiger partial charge on any atom is 0.258 e. The summed E-state index contributed by atoms with van der Waals surface area (Å²) in [7, 11) is 0. The largest absolute Gasteiger partial charge is 0.384 e. The van der Waals surface area contributed by atoms with Gasteiger partial charge >= 0.3 is 0 Å². The number of nitrogens with one attached hydrogen (secondary N) is 1. The number of rotatable bonds is 3. The van der Waals surface area contributed by atoms with Crippen molar-refractivity contribution in [1.29, 1.82) is 0 Å². The third-order valence-electron chi connectivity index (χ3n) is 2.74. The average molecular weight is 287 g/mol. The van der Waals surface area contributed by atoms with Gasteiger partial charge in [0.25, 0.3) is 5.91 Å². The number of amides is 1. The highest BCUT2D eigenvalue weighted by atomic mass is 19.1. The van der Waals surface area contributed by atoms with Crippen LogP contribution >= 0.6 is 0 Å². The lowest BCUT2D eigenvalue weighted by molar-refractivity contribution is 0.102. The minimum atomic E-state index is -0.634. The van der Waals surface area contributed by atoms with Crippen LogP contribution < -0.4 is 5.32 Å². The molecule has 0 atom stereocenters. The number of hydrogen-bond donors (Lipinski definition) is 2. The maximum atomic E-state index is 13.7. The molecule has 2 N–H and O–H groups in total. The second-order valence-corrected chi connectivity index (χ2v) is 4.19. The van der Waals surface area contributed by atoms with E-state index in [0.29, 0.717) is 17.8 Å². The first kappa shape index (κ1) is 14.8. The summed E-state index contributed by atoms with van der Waals surface area (Å²) >= 11 is 0. The summed E-state index contributed by atoms with van der Waals surface area (Å²) in [6.07, 6.45) is 3.15. The van der Waals surface area contributed by atoms with E-state index >= 15 is 0 Å². The lowest BCUT2D eigenvalue weighted by Crippen LogP contribution is -2.13. The summed E-state index contributed by atoms with van der Waals surface area (Å²) in [5.41, 5.74) is 0.844. The van der Waals surface area contributed by atoms with Crippen molar-refractivity contribution in [3.63, 3.8) is 0 Å². The Morgan fingerprint density at radius 3 is 3.00 bits per heavy atom. The van der Waals surface area contributed by atoms with Gasteiger partial charge in [0.05, 0.1) is 17.4 Å². The SMILES string of the molecule is CCn1cc(NC(=O)c2cc(C#CCO)ccc2F)cn1. The van der Waals surface area contributed by atoms with Crippen LogP contribution in [0.5, 0.6) is 0 Å². The standard InChI is InChI=1S/C15H14FN3O2/c1-2-19-10-12(9-17-19)18-15(21)13-8-11(4-3-7-20)5-6-14(13)16/h5-6,8-10,20H,2,7H2,1H3,(H,18,21). The smallest absolute Gasteiger partial charge is 0.258 e. The molecule has 5 nitrogen and oxygen atoms in total. The molecule has 0 unspecified atom stereocenters. The molecule has 1 amide bonds. The van der Waals surface area contributed by atoms with Crippen molar-refractivity contribution in [3.05, 3.63) is 47.5 Å². The Kier molecular flexibility index (Phi) is 4.69. The van der Waals surface area contributed by atoms with Gasteiger partial charge in [-0.1, -0.05) is 11.8 Å². The first-order chi connectivity index (χ1) is 10.1. The predicted octanol–water partition coefficient (Wildman–Crippen LogP) is 1.64. The van der Waals surface area contributed by atoms with Gasteiger partial charge in [0.2, 0.25) is 0 Å². The molecule has 0 aliphatic rings. The van der Waals surface area contributed by atoms with Gasteiger partial charge < -0.3 is 10.4 Å². The molecule has 1 aromatic carbocycles. The molecule has 0 aliphatic heterocycles. The molecular weight excluding hydrogens is 273 g/mol. The third kappa shape index (κ3) is 3.68. The van der Waals surface area contributed by atoms with E-state index < -0.39 is 11.7 Å². The van der Waals surface area contributed by atoms with Gasteiger partial charge in [-0.05, 0) is 25.1 Å². The number of nitrogens with zero attached hydrogens (tertiary/aromatic N) is 2. The predicted molar refractivity (Wildman–Crippen MR) is 76.2 cm³/mol. The molecule has 1 heterocycles. The number of hydrogen-bond acceptors (Lipinski definition) is 3. The summed E-state index contributed by atoms with van der Waals surface area (Å²) in [5.74, 6) is 3.87. The number of carbonyl (C=O) groups is 1. The lowest BCUT2D eigenvalue weighted by Gasteiger charge is -2.04. The number of halogens is 1. The van der Waals surface area contributed by atoms with Gasteiger partial charge in [0, 0.05) is 18.3 Å². The van der Waals surface area contributed by atoms with Crippen molar-refractivity contribution in [1.82, 2.24) is 9.78 Å². The Bertz CT molecular complexity index is 713. The number of aromatic nitrogens is 2. The van der Waals surface area contributed by atoms with Crippen molar-refractivity contribution in [2.45, 2.75) is 13.5 Å². The number of aryl methyl sites for hydroxylation is 1. The molecule has 2 aromatic rings. The van der Waals surface area contributed by atoms with E-state index in [1.165, 1.54) is 24.4 Å². The topological polar surface area (TPSA) is 67.2 Å². The molecule has 0 radical (unpaired) electrons. The minimum absolute atomic E-state index is 0.107. The average Bonchev–Trinajstić information content (AvgIpc) is 2.94. The normalized spacial score (nSPS) is 9.86. The van der Waals surface area contributed by atoms with E-state index in [4.69, 9.17) is 5.11 Å². The van der Waals surface area contributed by atoms with E-state index in [1.54, 1.807) is 10.9 Å². The van der Waals surface area contributed by atoms with Crippen molar-refractivity contribution in [2.75, 3.05) is 11.9 Å². The van der Waals surface area contributed by atoms with Crippen LogP contribution in [0.15, 0.2) is 30.6 Å². The minimum Gasteiger partial charge on any atom is -0.384 e. The van der Waals surface area contributed by atoms with Gasteiger partial charge in [-0.2, -0.15) is 5.10 Å². The Balaban J connectivity index is 2.21. The number of carbonyl (C=O) groups excluding carboxylic acids is 1. The van der Waals surface area contributed by atoms with Gasteiger partial charge in [-0.15, -0.1) is 0 Å². The van der Waals surface area contributed by atoms with Crippen LogP contribution in [0.4, 0.5) is 10.1 Å². The monoisotopic (exact) mass is 287 g/mol. The van der Waals surface area contributed by atoms with Crippen LogP contribution in [-0.2, 0) is 6.54 Å². The van der Waals surface area contributed by atoms with Crippen molar-refractivity contribution < 1.29 is 14.3 Å². The molecule has 6 heteroatoms. The first-order valence-corrected chi connectivity index (χ1v) is 6.37. The molecule has 21 heavy (non-hydrogen) atoms. The van der Waals surface area contributed by atoms with Crippen LogP contribution in [-0.4, -0.2) is 27.4 Å². The fourth-order valence-corrected chi connectivity index (χ4v) is 1.72. The fourth-order valence-electron chi connectivity index (χ4n) is 1.72. The molecule has 0 saturated carbocycles. The summed E-state index contributed by atoms with van der Waals surface area (Å²) in [6.45, 7) is 2.30. The molecule has 2 rings (SSSR count). The van der Waals surface area contributed by atoms with Crippen molar-refractivity contribution in [3.8, 4) is 11.8 Å². The van der Waals surface area contributed by atoms with E-state index in [2.05, 4.69) is 22.3 Å². The number of aliphatic hydroxyl groups is 1. The van der Waals surface area contributed by atoms with E-state index in [9.17, 15) is 9.18 Å². The number of anilines is 1. The Labute approximate surface area is 121 Å².